The van der Waals surface area contributed by atoms with Crippen molar-refractivity contribution >= 4 is 34.3 Å². The minimum absolute atomic E-state index is 0.0178. The van der Waals surface area contributed by atoms with Crippen molar-refractivity contribution in [3.63, 3.8) is 0 Å². The van der Waals surface area contributed by atoms with E-state index in [1.54, 1.807) is 20.8 Å². The molecular weight excluding hydrogens is 452 g/mol. The molecule has 1 aliphatic rings. The number of carbonyl (C=O) groups is 3. The smallest absolute Gasteiger partial charge is 0.408 e. The number of benzene rings is 1. The number of thiophene rings is 1. The quantitative estimate of drug-likeness (QED) is 0.481. The third-order valence-electron chi connectivity index (χ3n) is 6.20. The molecule has 7 nitrogen and oxygen atoms in total. The van der Waals surface area contributed by atoms with Gasteiger partial charge in [0.1, 0.15) is 16.5 Å². The van der Waals surface area contributed by atoms with E-state index in [-0.39, 0.29) is 15.7 Å². The Morgan fingerprint density at radius 1 is 1.00 bits per heavy atom. The van der Waals surface area contributed by atoms with Crippen LogP contribution in [0.4, 0.5) is 9.80 Å². The Kier molecular flexibility index (Phi) is 6.86. The summed E-state index contributed by atoms with van der Waals surface area (Å²) in [6, 6.07) is 7.89. The molecule has 0 fully saturated rings. The Balaban J connectivity index is 1.98. The van der Waals surface area contributed by atoms with Crippen molar-refractivity contribution in [2.24, 2.45) is 0 Å². The molecule has 3 rings (SSSR count). The van der Waals surface area contributed by atoms with E-state index in [1.807, 2.05) is 12.1 Å². The molecule has 34 heavy (non-hydrogen) atoms. The van der Waals surface area contributed by atoms with E-state index in [0.29, 0.717) is 10.6 Å². The van der Waals surface area contributed by atoms with Crippen molar-refractivity contribution in [3.8, 4) is 0 Å². The fourth-order valence-corrected chi connectivity index (χ4v) is 4.97. The van der Waals surface area contributed by atoms with Gasteiger partial charge in [0.2, 0.25) is 0 Å². The first kappa shape index (κ1) is 25.7. The molecule has 1 aliphatic carbocycles. The second kappa shape index (κ2) is 9.06. The maximum Gasteiger partial charge on any atom is 0.408 e. The second-order valence-corrected chi connectivity index (χ2v) is 12.2. The van der Waals surface area contributed by atoms with Gasteiger partial charge in [-0.1, -0.05) is 45.9 Å². The molecule has 8 heteroatoms. The van der Waals surface area contributed by atoms with Gasteiger partial charge in [-0.2, -0.15) is 0 Å². The Labute approximate surface area is 204 Å². The van der Waals surface area contributed by atoms with Gasteiger partial charge in [0.15, 0.2) is 0 Å². The maximum absolute atomic E-state index is 13.3. The number of fused-ring (bicyclic) bond motifs is 1. The van der Waals surface area contributed by atoms with E-state index in [4.69, 9.17) is 4.74 Å². The molecule has 0 spiro atoms. The van der Waals surface area contributed by atoms with Gasteiger partial charge in [-0.25, -0.2) is 9.59 Å². The molecule has 2 amide bonds. The number of alkyl carbamates (subject to hydrolysis) is 1. The van der Waals surface area contributed by atoms with E-state index in [2.05, 4.69) is 44.4 Å². The fourth-order valence-electron chi connectivity index (χ4n) is 4.23. The molecule has 3 N–H and O–H groups in total. The average molecular weight is 487 g/mol. The molecule has 2 aromatic rings. The third kappa shape index (κ3) is 5.78. The zero-order valence-corrected chi connectivity index (χ0v) is 21.7. The molecule has 1 aromatic carbocycles. The van der Waals surface area contributed by atoms with Crippen molar-refractivity contribution in [2.45, 2.75) is 83.8 Å². The predicted octanol–water partition coefficient (Wildman–Crippen LogP) is 6.00. The van der Waals surface area contributed by atoms with Crippen LogP contribution in [0.2, 0.25) is 0 Å². The van der Waals surface area contributed by atoms with Crippen molar-refractivity contribution in [2.75, 3.05) is 5.32 Å². The third-order valence-corrected chi connectivity index (χ3v) is 7.19. The highest BCUT2D eigenvalue weighted by Crippen LogP contribution is 2.46. The van der Waals surface area contributed by atoms with Gasteiger partial charge in [0, 0.05) is 0 Å². The minimum atomic E-state index is -1.06. The van der Waals surface area contributed by atoms with Crippen LogP contribution in [0.3, 0.4) is 0 Å². The molecule has 0 bridgehead atoms. The minimum Gasteiger partial charge on any atom is -0.477 e. The van der Waals surface area contributed by atoms with Crippen LogP contribution in [-0.4, -0.2) is 28.7 Å². The highest BCUT2D eigenvalue weighted by molar-refractivity contribution is 7.18. The summed E-state index contributed by atoms with van der Waals surface area (Å²) < 4.78 is 5.41. The molecule has 1 atom stereocenters. The van der Waals surface area contributed by atoms with Crippen molar-refractivity contribution in [1.29, 1.82) is 0 Å². The molecule has 184 valence electrons. The molecule has 1 unspecified atom stereocenters. The Bertz CT molecular complexity index is 1110. The first-order chi connectivity index (χ1) is 15.6. The van der Waals surface area contributed by atoms with Crippen LogP contribution in [-0.2, 0) is 20.4 Å². The molecule has 0 saturated carbocycles. The topological polar surface area (TPSA) is 105 Å². The van der Waals surface area contributed by atoms with Gasteiger partial charge in [0.05, 0.1) is 5.00 Å². The Morgan fingerprint density at radius 3 is 2.18 bits per heavy atom. The summed E-state index contributed by atoms with van der Waals surface area (Å²) in [5.74, 6) is -1.54. The van der Waals surface area contributed by atoms with Gasteiger partial charge < -0.3 is 20.5 Å². The van der Waals surface area contributed by atoms with E-state index in [9.17, 15) is 19.5 Å². The maximum atomic E-state index is 13.3. The monoisotopic (exact) mass is 486 g/mol. The first-order valence-electron chi connectivity index (χ1n) is 11.4. The van der Waals surface area contributed by atoms with Crippen LogP contribution in [0.1, 0.15) is 93.7 Å². The van der Waals surface area contributed by atoms with Crippen LogP contribution in [0.25, 0.3) is 0 Å². The van der Waals surface area contributed by atoms with Crippen molar-refractivity contribution in [1.82, 2.24) is 5.32 Å². The molecular formula is C26H34N2O5S. The van der Waals surface area contributed by atoms with Gasteiger partial charge in [-0.3, -0.25) is 4.79 Å². The Morgan fingerprint density at radius 2 is 1.62 bits per heavy atom. The number of hydrogen-bond acceptors (Lipinski definition) is 5. The lowest BCUT2D eigenvalue weighted by Crippen LogP contribution is -2.40. The second-order valence-electron chi connectivity index (χ2n) is 11.1. The fraction of sp³-hybridized carbons (Fsp3) is 0.500. The van der Waals surface area contributed by atoms with Crippen LogP contribution in [0.15, 0.2) is 30.3 Å². The summed E-state index contributed by atoms with van der Waals surface area (Å²) >= 11 is 0.958. The van der Waals surface area contributed by atoms with Gasteiger partial charge >= 0.3 is 12.1 Å². The van der Waals surface area contributed by atoms with Crippen LogP contribution >= 0.6 is 11.3 Å². The number of amides is 2. The summed E-state index contributed by atoms with van der Waals surface area (Å²) in [6.45, 7) is 14.1. The number of nitrogens with one attached hydrogen (secondary N) is 2. The number of ether oxygens (including phenoxy) is 1. The average Bonchev–Trinajstić information content (AvgIpc) is 3.17. The van der Waals surface area contributed by atoms with Crippen LogP contribution < -0.4 is 10.6 Å². The lowest BCUT2D eigenvalue weighted by atomic mass is 9.63. The summed E-state index contributed by atoms with van der Waals surface area (Å²) in [6.07, 6.45) is 1.37. The van der Waals surface area contributed by atoms with Gasteiger partial charge in [-0.15, -0.1) is 11.3 Å². The molecule has 0 aliphatic heterocycles. The standard InChI is InChI=1S/C26H34N2O5S/c1-24(2,3)33-23(32)28-20(21(29)27-19-11-10-18(34-19)22(30)31)15-8-9-16-17(14-15)26(6,7)13-12-25(16,4)5/h8-11,14,20H,12-13H2,1-7H3,(H,27,29)(H,28,32)(H,30,31). The zero-order valence-electron chi connectivity index (χ0n) is 20.9. The van der Waals surface area contributed by atoms with Crippen LogP contribution in [0.5, 0.6) is 0 Å². The SMILES string of the molecule is CC(C)(C)OC(=O)NC(C(=O)Nc1ccc(C(=O)O)s1)c1ccc2c(c1)C(C)(C)CCC2(C)C. The number of anilines is 1. The number of hydrogen-bond donors (Lipinski definition) is 3. The molecule has 1 heterocycles. The normalized spacial score (nSPS) is 17.3. The molecule has 0 radical (unpaired) electrons. The van der Waals surface area contributed by atoms with E-state index in [1.165, 1.54) is 17.7 Å². The van der Waals surface area contributed by atoms with Gasteiger partial charge in [-0.05, 0) is 73.3 Å². The molecule has 1 aromatic heterocycles. The van der Waals surface area contributed by atoms with Gasteiger partial charge in [0.25, 0.3) is 5.91 Å². The lowest BCUT2D eigenvalue weighted by Gasteiger charge is -2.42. The highest BCUT2D eigenvalue weighted by Gasteiger charge is 2.38. The number of carboxylic acids is 1. The van der Waals surface area contributed by atoms with Crippen LogP contribution in [0, 0.1) is 0 Å². The number of carbonyl (C=O) groups excluding carboxylic acids is 2. The largest absolute Gasteiger partial charge is 0.477 e. The summed E-state index contributed by atoms with van der Waals surface area (Å²) in [7, 11) is 0. The van der Waals surface area contributed by atoms with Crippen molar-refractivity contribution in [3.05, 3.63) is 51.9 Å². The number of aromatic carboxylic acids is 1. The molecule has 0 saturated heterocycles. The van der Waals surface area contributed by atoms with E-state index in [0.717, 1.165) is 29.7 Å². The number of rotatable bonds is 5. The summed E-state index contributed by atoms with van der Waals surface area (Å²) in [5.41, 5.74) is 2.27. The van der Waals surface area contributed by atoms with Crippen molar-refractivity contribution < 1.29 is 24.2 Å². The summed E-state index contributed by atoms with van der Waals surface area (Å²) in [5, 5.41) is 15.0. The van der Waals surface area contributed by atoms with E-state index >= 15 is 0 Å². The zero-order chi connectivity index (χ0) is 25.5. The Hall–Kier alpha value is -2.87. The lowest BCUT2D eigenvalue weighted by molar-refractivity contribution is -0.118. The summed E-state index contributed by atoms with van der Waals surface area (Å²) in [4.78, 5) is 37.3. The highest BCUT2D eigenvalue weighted by atomic mass is 32.1. The predicted molar refractivity (Wildman–Crippen MR) is 134 cm³/mol. The van der Waals surface area contributed by atoms with E-state index < -0.39 is 29.6 Å². The first-order valence-corrected chi connectivity index (χ1v) is 12.2. The number of carboxylic acid groups (broad SMARTS) is 1.